The van der Waals surface area contributed by atoms with E-state index in [2.05, 4.69) is 5.32 Å². The summed E-state index contributed by atoms with van der Waals surface area (Å²) in [6.45, 7) is 4.46. The molecule has 2 amide bonds. The third-order valence-corrected chi connectivity index (χ3v) is 6.51. The zero-order valence-corrected chi connectivity index (χ0v) is 17.8. The van der Waals surface area contributed by atoms with Gasteiger partial charge < -0.3 is 14.6 Å². The predicted molar refractivity (Wildman–Crippen MR) is 118 cm³/mol. The van der Waals surface area contributed by atoms with E-state index in [-0.39, 0.29) is 23.2 Å². The van der Waals surface area contributed by atoms with Gasteiger partial charge in [0.15, 0.2) is 0 Å². The fraction of sp³-hybridized carbons (Fsp3) is 0.250. The van der Waals surface area contributed by atoms with E-state index in [0.717, 1.165) is 16.9 Å². The molecule has 2 aromatic carbocycles. The van der Waals surface area contributed by atoms with E-state index in [0.29, 0.717) is 17.9 Å². The Kier molecular flexibility index (Phi) is 5.95. The van der Waals surface area contributed by atoms with Crippen molar-refractivity contribution >= 4 is 23.6 Å². The van der Waals surface area contributed by atoms with Crippen molar-refractivity contribution in [3.63, 3.8) is 0 Å². The van der Waals surface area contributed by atoms with E-state index in [1.54, 1.807) is 18.0 Å². The van der Waals surface area contributed by atoms with Crippen molar-refractivity contribution in [2.24, 2.45) is 0 Å². The van der Waals surface area contributed by atoms with Crippen LogP contribution >= 0.6 is 11.8 Å². The number of benzene rings is 2. The average molecular weight is 421 g/mol. The maximum absolute atomic E-state index is 12.7. The smallest absolute Gasteiger partial charge is 0.251 e. The molecule has 6 heteroatoms. The molecule has 0 spiro atoms. The molecule has 1 saturated heterocycles. The van der Waals surface area contributed by atoms with Crippen molar-refractivity contribution in [2.75, 3.05) is 5.75 Å². The topological polar surface area (TPSA) is 62.6 Å². The Morgan fingerprint density at radius 1 is 1.17 bits per heavy atom. The van der Waals surface area contributed by atoms with Crippen LogP contribution in [0.3, 0.4) is 0 Å². The second-order valence-corrected chi connectivity index (χ2v) is 8.56. The van der Waals surface area contributed by atoms with Gasteiger partial charge in [-0.05, 0) is 49.2 Å². The van der Waals surface area contributed by atoms with Crippen molar-refractivity contribution in [3.05, 3.63) is 94.9 Å². The summed E-state index contributed by atoms with van der Waals surface area (Å²) in [5.74, 6) is 1.19. The lowest BCUT2D eigenvalue weighted by molar-refractivity contribution is -0.128. The molecule has 4 rings (SSSR count). The molecular weight excluding hydrogens is 396 g/mol. The summed E-state index contributed by atoms with van der Waals surface area (Å²) in [5.41, 5.74) is 3.86. The van der Waals surface area contributed by atoms with Gasteiger partial charge in [0.25, 0.3) is 5.91 Å². The number of nitrogens with zero attached hydrogens (tertiary/aromatic N) is 1. The zero-order valence-electron chi connectivity index (χ0n) is 17.0. The lowest BCUT2D eigenvalue weighted by Gasteiger charge is -2.23. The molecule has 0 bridgehead atoms. The Balaban J connectivity index is 1.43. The number of amides is 2. The minimum Gasteiger partial charge on any atom is -0.467 e. The van der Waals surface area contributed by atoms with E-state index in [9.17, 15) is 9.59 Å². The molecule has 2 heterocycles. The largest absolute Gasteiger partial charge is 0.467 e. The Labute approximate surface area is 180 Å². The van der Waals surface area contributed by atoms with Crippen molar-refractivity contribution in [2.45, 2.75) is 31.8 Å². The Hall–Kier alpha value is -2.99. The second kappa shape index (κ2) is 8.79. The van der Waals surface area contributed by atoms with Crippen LogP contribution in [0.5, 0.6) is 0 Å². The lowest BCUT2D eigenvalue weighted by atomic mass is 10.1. The van der Waals surface area contributed by atoms with E-state index in [1.165, 1.54) is 5.56 Å². The van der Waals surface area contributed by atoms with Crippen LogP contribution in [0.15, 0.2) is 71.3 Å². The van der Waals surface area contributed by atoms with Crippen LogP contribution in [0.4, 0.5) is 0 Å². The molecule has 154 valence electrons. The zero-order chi connectivity index (χ0) is 21.1. The maximum atomic E-state index is 12.7. The summed E-state index contributed by atoms with van der Waals surface area (Å²) in [5, 5.41) is 2.97. The van der Waals surface area contributed by atoms with Crippen LogP contribution in [0.25, 0.3) is 0 Å². The first kappa shape index (κ1) is 20.3. The number of rotatable bonds is 6. The summed E-state index contributed by atoms with van der Waals surface area (Å²) < 4.78 is 5.40. The van der Waals surface area contributed by atoms with E-state index in [4.69, 9.17) is 4.42 Å². The molecular formula is C24H24N2O3S. The number of aryl methyl sites for hydroxylation is 1. The third kappa shape index (κ3) is 4.44. The minimum absolute atomic E-state index is 0.0776. The third-order valence-electron chi connectivity index (χ3n) is 5.26. The number of thioether (sulfide) groups is 1. The molecule has 1 aliphatic heterocycles. The second-order valence-electron chi connectivity index (χ2n) is 7.49. The first-order valence-corrected chi connectivity index (χ1v) is 11.0. The molecule has 0 radical (unpaired) electrons. The van der Waals surface area contributed by atoms with Crippen LogP contribution in [0, 0.1) is 6.92 Å². The standard InChI is InChI=1S/C24H24N2O3S/c1-16-5-7-18(8-6-16)17(2)25-23(28)19-9-11-20(12-10-19)24-26(22(27)15-30-24)14-21-4-3-13-29-21/h3-13,17,24H,14-15H2,1-2H3,(H,25,28)/t17-,24+/m0/s1. The van der Waals surface area contributed by atoms with Crippen LogP contribution in [-0.4, -0.2) is 22.5 Å². The van der Waals surface area contributed by atoms with Crippen LogP contribution < -0.4 is 5.32 Å². The number of carbonyl (C=O) groups excluding carboxylic acids is 2. The van der Waals surface area contributed by atoms with Crippen molar-refractivity contribution in [1.29, 1.82) is 0 Å². The van der Waals surface area contributed by atoms with Gasteiger partial charge in [0.05, 0.1) is 24.6 Å². The molecule has 1 fully saturated rings. The normalized spacial score (nSPS) is 17.2. The molecule has 3 aromatic rings. The average Bonchev–Trinajstić information content (AvgIpc) is 3.39. The summed E-state index contributed by atoms with van der Waals surface area (Å²) in [6.07, 6.45) is 1.61. The number of carbonyl (C=O) groups is 2. The Bertz CT molecular complexity index is 1010. The molecule has 2 atom stereocenters. The van der Waals surface area contributed by atoms with Crippen molar-refractivity contribution in [1.82, 2.24) is 10.2 Å². The lowest BCUT2D eigenvalue weighted by Crippen LogP contribution is -2.28. The molecule has 1 aromatic heterocycles. The Morgan fingerprint density at radius 3 is 2.57 bits per heavy atom. The summed E-state index contributed by atoms with van der Waals surface area (Å²) in [6, 6.07) is 19.3. The number of hydrogen-bond donors (Lipinski definition) is 1. The van der Waals surface area contributed by atoms with Crippen LogP contribution in [0.1, 0.15) is 51.1 Å². The highest BCUT2D eigenvalue weighted by molar-refractivity contribution is 8.00. The summed E-state index contributed by atoms with van der Waals surface area (Å²) in [7, 11) is 0. The fourth-order valence-electron chi connectivity index (χ4n) is 3.49. The highest BCUT2D eigenvalue weighted by Gasteiger charge is 2.33. The molecule has 1 aliphatic rings. The Morgan fingerprint density at radius 2 is 1.90 bits per heavy atom. The van der Waals surface area contributed by atoms with Gasteiger partial charge in [0, 0.05) is 5.56 Å². The first-order valence-electron chi connectivity index (χ1n) is 9.92. The van der Waals surface area contributed by atoms with Gasteiger partial charge in [0.2, 0.25) is 5.91 Å². The fourth-order valence-corrected chi connectivity index (χ4v) is 4.68. The number of hydrogen-bond acceptors (Lipinski definition) is 4. The van der Waals surface area contributed by atoms with Gasteiger partial charge in [-0.15, -0.1) is 11.8 Å². The SMILES string of the molecule is Cc1ccc([C@H](C)NC(=O)c2ccc([C@H]3SCC(=O)N3Cc3ccco3)cc2)cc1. The molecule has 0 unspecified atom stereocenters. The van der Waals surface area contributed by atoms with Gasteiger partial charge in [-0.25, -0.2) is 0 Å². The number of nitrogens with one attached hydrogen (secondary N) is 1. The number of furan rings is 1. The minimum atomic E-state index is -0.114. The highest BCUT2D eigenvalue weighted by Crippen LogP contribution is 2.39. The van der Waals surface area contributed by atoms with E-state index in [1.807, 2.05) is 79.4 Å². The van der Waals surface area contributed by atoms with Crippen molar-refractivity contribution in [3.8, 4) is 0 Å². The van der Waals surface area contributed by atoms with Crippen LogP contribution in [0.2, 0.25) is 0 Å². The van der Waals surface area contributed by atoms with E-state index >= 15 is 0 Å². The van der Waals surface area contributed by atoms with Gasteiger partial charge in [-0.2, -0.15) is 0 Å². The monoisotopic (exact) mass is 420 g/mol. The first-order chi connectivity index (χ1) is 14.5. The molecule has 0 aliphatic carbocycles. The molecule has 0 saturated carbocycles. The molecule has 5 nitrogen and oxygen atoms in total. The molecule has 1 N–H and O–H groups in total. The van der Waals surface area contributed by atoms with Gasteiger partial charge >= 0.3 is 0 Å². The van der Waals surface area contributed by atoms with E-state index < -0.39 is 0 Å². The summed E-state index contributed by atoms with van der Waals surface area (Å²) >= 11 is 1.59. The van der Waals surface area contributed by atoms with Crippen molar-refractivity contribution < 1.29 is 14.0 Å². The van der Waals surface area contributed by atoms with Gasteiger partial charge in [-0.1, -0.05) is 42.0 Å². The summed E-state index contributed by atoms with van der Waals surface area (Å²) in [4.78, 5) is 26.8. The van der Waals surface area contributed by atoms with Gasteiger partial charge in [-0.3, -0.25) is 9.59 Å². The molecule has 30 heavy (non-hydrogen) atoms. The van der Waals surface area contributed by atoms with Crippen LogP contribution in [-0.2, 0) is 11.3 Å². The van der Waals surface area contributed by atoms with Gasteiger partial charge in [0.1, 0.15) is 11.1 Å². The highest BCUT2D eigenvalue weighted by atomic mass is 32.2. The predicted octanol–water partition coefficient (Wildman–Crippen LogP) is 4.85. The maximum Gasteiger partial charge on any atom is 0.251 e. The quantitative estimate of drug-likeness (QED) is 0.619.